The van der Waals surface area contributed by atoms with Crippen LogP contribution in [0.25, 0.3) is 0 Å². The standard InChI is InChI=1S/C79H154O17P2/c1-7-9-11-13-15-17-18-19-20-21-22-23-27-30-33-36-39-43-50-56-62-77(82)90-67-74(95-78(83)63-57-51-44-40-37-34-31-28-25-24-26-29-32-35-38-41-47-53-59-71(3)4)69-93-97(85,86)91-65-73(80)66-92-98(87,88)94-70-75(68-89-76(81)61-55-49-42-16-14-12-10-8-2)96-79(84)64-58-52-46-45-48-54-60-72(5)6/h71-75,80H,7-70H2,1-6H3,(H,85,86)(H,87,88)/t73-,74-,75-/m1/s1. The molecule has 19 heteroatoms. The number of carbonyl (C=O) groups excluding carboxylic acids is 4. The van der Waals surface area contributed by atoms with E-state index in [9.17, 15) is 43.2 Å². The van der Waals surface area contributed by atoms with E-state index in [1.54, 1.807) is 0 Å². The molecular weight excluding hydrogens is 1280 g/mol. The second kappa shape index (κ2) is 70.7. The van der Waals surface area contributed by atoms with Crippen LogP contribution in [0.5, 0.6) is 0 Å². The normalized spacial score (nSPS) is 13.9. The van der Waals surface area contributed by atoms with Gasteiger partial charge in [0.2, 0.25) is 0 Å². The van der Waals surface area contributed by atoms with Crippen molar-refractivity contribution in [2.45, 2.75) is 432 Å². The highest BCUT2D eigenvalue weighted by atomic mass is 31.2. The maximum atomic E-state index is 13.1. The number of unbranched alkanes of at least 4 members (excludes halogenated alkanes) is 48. The van der Waals surface area contributed by atoms with E-state index in [-0.39, 0.29) is 25.7 Å². The lowest BCUT2D eigenvalue weighted by atomic mass is 10.0. The number of aliphatic hydroxyl groups excluding tert-OH is 1. The molecule has 0 saturated heterocycles. The lowest BCUT2D eigenvalue weighted by Gasteiger charge is -2.21. The first-order valence-corrected chi connectivity index (χ1v) is 44.0. The first kappa shape index (κ1) is 96.1. The molecule has 0 amide bonds. The van der Waals surface area contributed by atoms with Gasteiger partial charge in [0.15, 0.2) is 12.2 Å². The van der Waals surface area contributed by atoms with Gasteiger partial charge >= 0.3 is 39.5 Å². The number of rotatable bonds is 78. The van der Waals surface area contributed by atoms with E-state index in [2.05, 4.69) is 41.5 Å². The molecule has 0 fully saturated rings. The van der Waals surface area contributed by atoms with Gasteiger partial charge < -0.3 is 33.8 Å². The number of esters is 4. The SMILES string of the molecule is CCCCCCCCCCCCCCCCCCCCCCC(=O)OC[C@H](COP(=O)(O)OC[C@@H](O)COP(=O)(O)OC[C@@H](COC(=O)CCCCCCCCCC)OC(=O)CCCCCCCCC(C)C)OC(=O)CCCCCCCCCCCCCCCCCCCCC(C)C. The Balaban J connectivity index is 5.14. The summed E-state index contributed by atoms with van der Waals surface area (Å²) in [5.74, 6) is -0.631. The summed E-state index contributed by atoms with van der Waals surface area (Å²) in [6, 6.07) is 0. The molecule has 582 valence electrons. The van der Waals surface area contributed by atoms with Gasteiger partial charge in [-0.1, -0.05) is 363 Å². The predicted octanol–water partition coefficient (Wildman–Crippen LogP) is 23.5. The summed E-state index contributed by atoms with van der Waals surface area (Å²) in [5.41, 5.74) is 0. The molecule has 0 aliphatic heterocycles. The Morgan fingerprint density at radius 1 is 0.276 bits per heavy atom. The third-order valence-electron chi connectivity index (χ3n) is 18.5. The van der Waals surface area contributed by atoms with Gasteiger partial charge in [0, 0.05) is 25.7 Å². The molecule has 17 nitrogen and oxygen atoms in total. The zero-order valence-corrected chi connectivity index (χ0v) is 65.9. The second-order valence-electron chi connectivity index (χ2n) is 29.4. The molecule has 0 aliphatic rings. The molecule has 0 heterocycles. The van der Waals surface area contributed by atoms with Crippen molar-refractivity contribution in [3.8, 4) is 0 Å². The molecule has 0 radical (unpaired) electrons. The van der Waals surface area contributed by atoms with Crippen LogP contribution in [0, 0.1) is 11.8 Å². The van der Waals surface area contributed by atoms with Gasteiger partial charge in [-0.2, -0.15) is 0 Å². The largest absolute Gasteiger partial charge is 0.472 e. The van der Waals surface area contributed by atoms with E-state index < -0.39 is 97.5 Å². The van der Waals surface area contributed by atoms with Crippen LogP contribution in [-0.2, 0) is 65.4 Å². The first-order chi connectivity index (χ1) is 47.4. The molecular formula is C79H154O17P2. The molecule has 0 bridgehead atoms. The van der Waals surface area contributed by atoms with Crippen LogP contribution in [0.15, 0.2) is 0 Å². The van der Waals surface area contributed by atoms with E-state index in [1.807, 2.05) is 0 Å². The van der Waals surface area contributed by atoms with Crippen LogP contribution in [0.1, 0.15) is 414 Å². The predicted molar refractivity (Wildman–Crippen MR) is 400 cm³/mol. The third-order valence-corrected chi connectivity index (χ3v) is 20.4. The summed E-state index contributed by atoms with van der Waals surface area (Å²) >= 11 is 0. The quantitative estimate of drug-likeness (QED) is 0.0222. The minimum absolute atomic E-state index is 0.102. The fourth-order valence-corrected chi connectivity index (χ4v) is 13.8. The van der Waals surface area contributed by atoms with Gasteiger partial charge in [-0.05, 0) is 37.5 Å². The highest BCUT2D eigenvalue weighted by molar-refractivity contribution is 7.47. The average molecular weight is 1440 g/mol. The molecule has 0 rings (SSSR count). The molecule has 0 saturated carbocycles. The number of phosphoric acid groups is 2. The minimum atomic E-state index is -4.96. The Bertz CT molecular complexity index is 1890. The van der Waals surface area contributed by atoms with Gasteiger partial charge in [0.05, 0.1) is 26.4 Å². The third kappa shape index (κ3) is 72.4. The van der Waals surface area contributed by atoms with E-state index >= 15 is 0 Å². The van der Waals surface area contributed by atoms with Crippen LogP contribution in [-0.4, -0.2) is 96.7 Å². The molecule has 0 aromatic carbocycles. The fourth-order valence-electron chi connectivity index (χ4n) is 12.2. The van der Waals surface area contributed by atoms with Crippen LogP contribution in [0.2, 0.25) is 0 Å². The van der Waals surface area contributed by atoms with Crippen LogP contribution in [0.4, 0.5) is 0 Å². The molecule has 2 unspecified atom stereocenters. The summed E-state index contributed by atoms with van der Waals surface area (Å²) in [5, 5.41) is 10.6. The minimum Gasteiger partial charge on any atom is -0.462 e. The highest BCUT2D eigenvalue weighted by Gasteiger charge is 2.30. The molecule has 3 N–H and O–H groups in total. The van der Waals surface area contributed by atoms with Gasteiger partial charge in [-0.3, -0.25) is 37.3 Å². The summed E-state index contributed by atoms with van der Waals surface area (Å²) in [6.07, 6.45) is 60.2. The van der Waals surface area contributed by atoms with Crippen molar-refractivity contribution < 1.29 is 80.2 Å². The summed E-state index contributed by atoms with van der Waals surface area (Å²) in [7, 11) is -9.91. The number of ether oxygens (including phenoxy) is 4. The molecule has 0 aliphatic carbocycles. The smallest absolute Gasteiger partial charge is 0.462 e. The van der Waals surface area contributed by atoms with Crippen LogP contribution < -0.4 is 0 Å². The van der Waals surface area contributed by atoms with Crippen molar-refractivity contribution in [2.24, 2.45) is 11.8 Å². The van der Waals surface area contributed by atoms with E-state index in [4.69, 9.17) is 37.0 Å². The lowest BCUT2D eigenvalue weighted by molar-refractivity contribution is -0.161. The van der Waals surface area contributed by atoms with Crippen molar-refractivity contribution >= 4 is 39.5 Å². The van der Waals surface area contributed by atoms with Crippen LogP contribution >= 0.6 is 15.6 Å². The summed E-state index contributed by atoms with van der Waals surface area (Å²) in [6.45, 7) is 9.52. The number of hydrogen-bond donors (Lipinski definition) is 3. The van der Waals surface area contributed by atoms with Crippen molar-refractivity contribution in [3.63, 3.8) is 0 Å². The highest BCUT2D eigenvalue weighted by Crippen LogP contribution is 2.45. The van der Waals surface area contributed by atoms with Crippen molar-refractivity contribution in [2.75, 3.05) is 39.6 Å². The van der Waals surface area contributed by atoms with Gasteiger partial charge in [0.25, 0.3) is 0 Å². The van der Waals surface area contributed by atoms with E-state index in [0.29, 0.717) is 31.6 Å². The number of carbonyl (C=O) groups is 4. The Morgan fingerprint density at radius 3 is 0.694 bits per heavy atom. The topological polar surface area (TPSA) is 237 Å². The van der Waals surface area contributed by atoms with Crippen molar-refractivity contribution in [3.05, 3.63) is 0 Å². The first-order valence-electron chi connectivity index (χ1n) is 41.0. The zero-order valence-electron chi connectivity index (χ0n) is 64.1. The maximum absolute atomic E-state index is 13.1. The molecule has 98 heavy (non-hydrogen) atoms. The Kier molecular flexibility index (Phi) is 69.3. The summed E-state index contributed by atoms with van der Waals surface area (Å²) in [4.78, 5) is 72.7. The number of aliphatic hydroxyl groups is 1. The monoisotopic (exact) mass is 1440 g/mol. The van der Waals surface area contributed by atoms with E-state index in [1.165, 1.54) is 225 Å². The van der Waals surface area contributed by atoms with Gasteiger partial charge in [-0.25, -0.2) is 9.13 Å². The number of hydrogen-bond acceptors (Lipinski definition) is 15. The average Bonchev–Trinajstić information content (AvgIpc) is 1.24. The number of phosphoric ester groups is 2. The zero-order chi connectivity index (χ0) is 72.1. The van der Waals surface area contributed by atoms with Gasteiger partial charge in [0.1, 0.15) is 19.3 Å². The Morgan fingerprint density at radius 2 is 0.469 bits per heavy atom. The van der Waals surface area contributed by atoms with Crippen molar-refractivity contribution in [1.29, 1.82) is 0 Å². The fraction of sp³-hybridized carbons (Fsp3) is 0.949. The lowest BCUT2D eigenvalue weighted by Crippen LogP contribution is -2.30. The Labute approximate surface area is 600 Å². The van der Waals surface area contributed by atoms with Crippen LogP contribution in [0.3, 0.4) is 0 Å². The summed E-state index contributed by atoms with van der Waals surface area (Å²) < 4.78 is 68.4. The van der Waals surface area contributed by atoms with Gasteiger partial charge in [-0.15, -0.1) is 0 Å². The van der Waals surface area contributed by atoms with E-state index in [0.717, 1.165) is 102 Å². The second-order valence-corrected chi connectivity index (χ2v) is 32.3. The molecule has 5 atom stereocenters. The molecule has 0 aromatic heterocycles. The molecule has 0 aromatic rings. The maximum Gasteiger partial charge on any atom is 0.472 e. The molecule has 0 spiro atoms. The Hall–Kier alpha value is -1.94. The van der Waals surface area contributed by atoms with Crippen molar-refractivity contribution in [1.82, 2.24) is 0 Å².